The van der Waals surface area contributed by atoms with Crippen molar-refractivity contribution in [1.29, 1.82) is 0 Å². The predicted molar refractivity (Wildman–Crippen MR) is 105 cm³/mol. The molecule has 3 aromatic rings. The lowest BCUT2D eigenvalue weighted by Gasteiger charge is -2.08. The summed E-state index contributed by atoms with van der Waals surface area (Å²) in [6.07, 6.45) is 0. The molecule has 0 aromatic heterocycles. The maximum Gasteiger partial charge on any atom is 0.344 e. The number of ether oxygens (including phenoxy) is 3. The van der Waals surface area contributed by atoms with Crippen LogP contribution < -0.4 is 9.47 Å². The zero-order valence-corrected chi connectivity index (χ0v) is 15.5. The van der Waals surface area contributed by atoms with Crippen LogP contribution in [0.2, 0.25) is 0 Å². The summed E-state index contributed by atoms with van der Waals surface area (Å²) in [7, 11) is 1.59. The Morgan fingerprint density at radius 2 is 1.36 bits per heavy atom. The van der Waals surface area contributed by atoms with E-state index in [4.69, 9.17) is 14.2 Å². The number of carbonyl (C=O) groups is 2. The molecule has 3 aromatic carbocycles. The molecule has 0 radical (unpaired) electrons. The van der Waals surface area contributed by atoms with Crippen LogP contribution in [-0.4, -0.2) is 25.5 Å². The van der Waals surface area contributed by atoms with Gasteiger partial charge in [-0.1, -0.05) is 42.5 Å². The molecule has 0 aliphatic rings. The van der Waals surface area contributed by atoms with E-state index in [2.05, 4.69) is 0 Å². The fourth-order valence-corrected chi connectivity index (χ4v) is 2.53. The molecular formula is C23H20O5. The van der Waals surface area contributed by atoms with E-state index in [1.807, 2.05) is 30.3 Å². The van der Waals surface area contributed by atoms with Crippen LogP contribution in [0.3, 0.4) is 0 Å². The van der Waals surface area contributed by atoms with Gasteiger partial charge in [0, 0.05) is 11.1 Å². The van der Waals surface area contributed by atoms with Gasteiger partial charge in [-0.15, -0.1) is 0 Å². The molecular weight excluding hydrogens is 356 g/mol. The Morgan fingerprint density at radius 3 is 2.00 bits per heavy atom. The number of benzene rings is 3. The highest BCUT2D eigenvalue weighted by Gasteiger charge is 2.09. The molecule has 0 heterocycles. The third kappa shape index (κ3) is 5.20. The Morgan fingerprint density at radius 1 is 0.750 bits per heavy atom. The summed E-state index contributed by atoms with van der Waals surface area (Å²) in [5.74, 6) is 0.699. The molecule has 0 atom stereocenters. The van der Waals surface area contributed by atoms with Gasteiger partial charge in [0.2, 0.25) is 0 Å². The Labute approximate surface area is 163 Å². The van der Waals surface area contributed by atoms with Crippen LogP contribution in [0.25, 0.3) is 0 Å². The molecule has 0 fully saturated rings. The standard InChI is InChI=1S/C23H20O5/c1-26-20-11-7-17(8-12-20)15-28-22(24)16-27-21-13-9-19(10-14-21)23(25)18-5-3-2-4-6-18/h2-14H,15-16H2,1H3. The van der Waals surface area contributed by atoms with Crippen molar-refractivity contribution >= 4 is 11.8 Å². The second-order valence-corrected chi connectivity index (χ2v) is 6.02. The van der Waals surface area contributed by atoms with Crippen molar-refractivity contribution in [2.24, 2.45) is 0 Å². The third-order valence-corrected chi connectivity index (χ3v) is 4.07. The van der Waals surface area contributed by atoms with Crippen LogP contribution in [0.1, 0.15) is 21.5 Å². The second kappa shape index (κ2) is 9.37. The summed E-state index contributed by atoms with van der Waals surface area (Å²) in [5.41, 5.74) is 2.04. The van der Waals surface area contributed by atoms with Gasteiger partial charge in [-0.2, -0.15) is 0 Å². The van der Waals surface area contributed by atoms with Gasteiger partial charge in [0.1, 0.15) is 18.1 Å². The van der Waals surface area contributed by atoms with Crippen LogP contribution in [0.4, 0.5) is 0 Å². The summed E-state index contributed by atoms with van der Waals surface area (Å²) in [4.78, 5) is 24.2. The Bertz CT molecular complexity index is 915. The molecule has 0 aliphatic heterocycles. The summed E-state index contributed by atoms with van der Waals surface area (Å²) >= 11 is 0. The Kier molecular flexibility index (Phi) is 6.41. The van der Waals surface area contributed by atoms with Crippen LogP contribution >= 0.6 is 0 Å². The zero-order valence-electron chi connectivity index (χ0n) is 15.5. The minimum absolute atomic E-state index is 0.0638. The van der Waals surface area contributed by atoms with Crippen molar-refractivity contribution in [3.63, 3.8) is 0 Å². The Balaban J connectivity index is 1.47. The normalized spacial score (nSPS) is 10.2. The average Bonchev–Trinajstić information content (AvgIpc) is 2.77. The molecule has 0 bridgehead atoms. The van der Waals surface area contributed by atoms with Gasteiger partial charge in [0.05, 0.1) is 7.11 Å². The summed E-state index contributed by atoms with van der Waals surface area (Å²) in [5, 5.41) is 0. The van der Waals surface area contributed by atoms with E-state index < -0.39 is 5.97 Å². The van der Waals surface area contributed by atoms with Crippen molar-refractivity contribution < 1.29 is 23.8 Å². The Hall–Kier alpha value is -3.60. The molecule has 142 valence electrons. The van der Waals surface area contributed by atoms with Gasteiger partial charge in [-0.3, -0.25) is 4.79 Å². The van der Waals surface area contributed by atoms with E-state index in [-0.39, 0.29) is 19.0 Å². The first kappa shape index (κ1) is 19.2. The molecule has 0 N–H and O–H groups in total. The number of hydrogen-bond acceptors (Lipinski definition) is 5. The van der Waals surface area contributed by atoms with Crippen molar-refractivity contribution in [3.05, 3.63) is 95.6 Å². The molecule has 5 heteroatoms. The molecule has 5 nitrogen and oxygen atoms in total. The molecule has 28 heavy (non-hydrogen) atoms. The topological polar surface area (TPSA) is 61.8 Å². The van der Waals surface area contributed by atoms with Crippen LogP contribution in [-0.2, 0) is 16.1 Å². The number of carbonyl (C=O) groups excluding carboxylic acids is 2. The highest BCUT2D eigenvalue weighted by Crippen LogP contribution is 2.16. The first-order valence-electron chi connectivity index (χ1n) is 8.77. The number of ketones is 1. The van der Waals surface area contributed by atoms with E-state index in [1.54, 1.807) is 55.6 Å². The predicted octanol–water partition coefficient (Wildman–Crippen LogP) is 4.05. The first-order valence-corrected chi connectivity index (χ1v) is 8.77. The van der Waals surface area contributed by atoms with Crippen molar-refractivity contribution in [2.75, 3.05) is 13.7 Å². The van der Waals surface area contributed by atoms with Gasteiger partial charge < -0.3 is 14.2 Å². The first-order chi connectivity index (χ1) is 13.7. The van der Waals surface area contributed by atoms with Gasteiger partial charge in [-0.05, 0) is 42.0 Å². The maximum absolute atomic E-state index is 12.4. The number of methoxy groups -OCH3 is 1. The third-order valence-electron chi connectivity index (χ3n) is 4.07. The molecule has 0 spiro atoms. The van der Waals surface area contributed by atoms with E-state index in [9.17, 15) is 9.59 Å². The molecule has 0 saturated heterocycles. The maximum atomic E-state index is 12.4. The van der Waals surface area contributed by atoms with E-state index in [0.29, 0.717) is 16.9 Å². The van der Waals surface area contributed by atoms with Gasteiger partial charge in [-0.25, -0.2) is 4.79 Å². The number of rotatable bonds is 8. The molecule has 3 rings (SSSR count). The van der Waals surface area contributed by atoms with Gasteiger partial charge >= 0.3 is 5.97 Å². The largest absolute Gasteiger partial charge is 0.497 e. The monoisotopic (exact) mass is 376 g/mol. The summed E-state index contributed by atoms with van der Waals surface area (Å²) in [6, 6.07) is 23.0. The van der Waals surface area contributed by atoms with Crippen LogP contribution in [0, 0.1) is 0 Å². The SMILES string of the molecule is COc1ccc(COC(=O)COc2ccc(C(=O)c3ccccc3)cc2)cc1. The van der Waals surface area contributed by atoms with Crippen molar-refractivity contribution in [2.45, 2.75) is 6.61 Å². The fourth-order valence-electron chi connectivity index (χ4n) is 2.53. The summed E-state index contributed by atoms with van der Waals surface area (Å²) < 4.78 is 15.7. The number of esters is 1. The quantitative estimate of drug-likeness (QED) is 0.438. The molecule has 0 amide bonds. The van der Waals surface area contributed by atoms with Crippen molar-refractivity contribution in [1.82, 2.24) is 0 Å². The average molecular weight is 376 g/mol. The van der Waals surface area contributed by atoms with Crippen LogP contribution in [0.15, 0.2) is 78.9 Å². The van der Waals surface area contributed by atoms with E-state index in [0.717, 1.165) is 11.3 Å². The smallest absolute Gasteiger partial charge is 0.344 e. The molecule has 0 saturated carbocycles. The van der Waals surface area contributed by atoms with Crippen LogP contribution in [0.5, 0.6) is 11.5 Å². The second-order valence-electron chi connectivity index (χ2n) is 6.02. The lowest BCUT2D eigenvalue weighted by molar-refractivity contribution is -0.147. The van der Waals surface area contributed by atoms with Gasteiger partial charge in [0.15, 0.2) is 12.4 Å². The number of hydrogen-bond donors (Lipinski definition) is 0. The lowest BCUT2D eigenvalue weighted by Crippen LogP contribution is -2.14. The molecule has 0 unspecified atom stereocenters. The molecule has 0 aliphatic carbocycles. The van der Waals surface area contributed by atoms with E-state index in [1.165, 1.54) is 0 Å². The van der Waals surface area contributed by atoms with Gasteiger partial charge in [0.25, 0.3) is 0 Å². The highest BCUT2D eigenvalue weighted by molar-refractivity contribution is 6.08. The lowest BCUT2D eigenvalue weighted by atomic mass is 10.0. The highest BCUT2D eigenvalue weighted by atomic mass is 16.6. The summed E-state index contributed by atoms with van der Waals surface area (Å²) in [6.45, 7) is -0.0428. The minimum Gasteiger partial charge on any atom is -0.497 e. The fraction of sp³-hybridized carbons (Fsp3) is 0.130. The minimum atomic E-state index is -0.472. The van der Waals surface area contributed by atoms with E-state index >= 15 is 0 Å². The zero-order chi connectivity index (χ0) is 19.8. The van der Waals surface area contributed by atoms with Crippen molar-refractivity contribution in [3.8, 4) is 11.5 Å².